The van der Waals surface area contributed by atoms with Crippen LogP contribution in [-0.4, -0.2) is 10.8 Å². The maximum Gasteiger partial charge on any atom is 0.223 e. The van der Waals surface area contributed by atoms with Crippen LogP contribution in [0.4, 0.5) is 0 Å². The van der Waals surface area contributed by atoms with Crippen LogP contribution in [0, 0.1) is 0 Å². The first-order chi connectivity index (χ1) is 10.8. The van der Waals surface area contributed by atoms with Gasteiger partial charge in [0.15, 0.2) is 0 Å². The van der Waals surface area contributed by atoms with E-state index in [0.29, 0.717) is 19.5 Å². The van der Waals surface area contributed by atoms with Gasteiger partial charge in [-0.2, -0.15) is 0 Å². The molecule has 0 aromatic carbocycles. The zero-order valence-corrected chi connectivity index (χ0v) is 13.7. The van der Waals surface area contributed by atoms with Crippen molar-refractivity contribution in [1.82, 2.24) is 4.90 Å². The molecule has 114 valence electrons. The molecule has 3 aromatic heterocycles. The molecule has 3 nitrogen and oxygen atoms in total. The van der Waals surface area contributed by atoms with Gasteiger partial charge in [-0.25, -0.2) is 0 Å². The SMILES string of the molecule is O=C(CCc1cccs1)N(Cc1ccco1)Cc1cccs1. The average molecular weight is 331 g/mol. The number of amides is 1. The molecule has 3 rings (SSSR count). The van der Waals surface area contributed by atoms with E-state index in [9.17, 15) is 4.79 Å². The Balaban J connectivity index is 1.64. The van der Waals surface area contributed by atoms with E-state index < -0.39 is 0 Å². The highest BCUT2D eigenvalue weighted by Gasteiger charge is 2.16. The molecule has 1 amide bonds. The Morgan fingerprint density at radius 1 is 1.00 bits per heavy atom. The van der Waals surface area contributed by atoms with E-state index in [1.807, 2.05) is 39.9 Å². The van der Waals surface area contributed by atoms with E-state index in [2.05, 4.69) is 12.1 Å². The summed E-state index contributed by atoms with van der Waals surface area (Å²) in [7, 11) is 0. The van der Waals surface area contributed by atoms with Crippen LogP contribution < -0.4 is 0 Å². The zero-order chi connectivity index (χ0) is 15.2. The fraction of sp³-hybridized carbons (Fsp3) is 0.235. The third-order valence-electron chi connectivity index (χ3n) is 3.37. The van der Waals surface area contributed by atoms with Gasteiger partial charge in [0.05, 0.1) is 19.4 Å². The van der Waals surface area contributed by atoms with Gasteiger partial charge >= 0.3 is 0 Å². The van der Waals surface area contributed by atoms with Crippen LogP contribution in [0.1, 0.15) is 21.9 Å². The second-order valence-corrected chi connectivity index (χ2v) is 7.05. The molecule has 22 heavy (non-hydrogen) atoms. The number of furan rings is 1. The fourth-order valence-electron chi connectivity index (χ4n) is 2.26. The molecule has 0 bridgehead atoms. The molecule has 0 aliphatic heterocycles. The number of carbonyl (C=O) groups excluding carboxylic acids is 1. The van der Waals surface area contributed by atoms with Gasteiger partial charge < -0.3 is 9.32 Å². The molecule has 0 radical (unpaired) electrons. The number of carbonyl (C=O) groups is 1. The zero-order valence-electron chi connectivity index (χ0n) is 12.1. The Bertz CT molecular complexity index is 636. The molecule has 0 saturated heterocycles. The summed E-state index contributed by atoms with van der Waals surface area (Å²) < 4.78 is 5.40. The van der Waals surface area contributed by atoms with Crippen molar-refractivity contribution in [3.63, 3.8) is 0 Å². The molecule has 0 saturated carbocycles. The second kappa shape index (κ2) is 7.42. The summed E-state index contributed by atoms with van der Waals surface area (Å²) in [6.45, 7) is 1.16. The molecule has 3 heterocycles. The first kappa shape index (κ1) is 15.1. The van der Waals surface area contributed by atoms with Crippen LogP contribution in [0.2, 0.25) is 0 Å². The van der Waals surface area contributed by atoms with Crippen molar-refractivity contribution >= 4 is 28.6 Å². The minimum Gasteiger partial charge on any atom is -0.467 e. The van der Waals surface area contributed by atoms with Crippen LogP contribution in [0.5, 0.6) is 0 Å². The lowest BCUT2D eigenvalue weighted by Crippen LogP contribution is -2.29. The van der Waals surface area contributed by atoms with E-state index in [1.54, 1.807) is 28.9 Å². The lowest BCUT2D eigenvalue weighted by atomic mass is 10.2. The predicted octanol–water partition coefficient (Wildman–Crippen LogP) is 4.56. The van der Waals surface area contributed by atoms with Crippen molar-refractivity contribution in [2.75, 3.05) is 0 Å². The van der Waals surface area contributed by atoms with Gasteiger partial charge in [0.2, 0.25) is 5.91 Å². The largest absolute Gasteiger partial charge is 0.467 e. The van der Waals surface area contributed by atoms with E-state index in [4.69, 9.17) is 4.42 Å². The van der Waals surface area contributed by atoms with Crippen LogP contribution >= 0.6 is 22.7 Å². The summed E-state index contributed by atoms with van der Waals surface area (Å²) in [4.78, 5) is 16.9. The van der Waals surface area contributed by atoms with Crippen molar-refractivity contribution < 1.29 is 9.21 Å². The fourth-order valence-corrected chi connectivity index (χ4v) is 3.69. The van der Waals surface area contributed by atoms with Gasteiger partial charge in [-0.15, -0.1) is 22.7 Å². The lowest BCUT2D eigenvalue weighted by molar-refractivity contribution is -0.132. The molecular weight excluding hydrogens is 314 g/mol. The monoisotopic (exact) mass is 331 g/mol. The predicted molar refractivity (Wildman–Crippen MR) is 89.9 cm³/mol. The number of hydrogen-bond donors (Lipinski definition) is 0. The van der Waals surface area contributed by atoms with Gasteiger partial charge in [-0.3, -0.25) is 4.79 Å². The minimum absolute atomic E-state index is 0.165. The lowest BCUT2D eigenvalue weighted by Gasteiger charge is -2.21. The smallest absolute Gasteiger partial charge is 0.223 e. The van der Waals surface area contributed by atoms with Gasteiger partial charge in [0.25, 0.3) is 0 Å². The molecule has 0 N–H and O–H groups in total. The maximum absolute atomic E-state index is 12.6. The van der Waals surface area contributed by atoms with Crippen molar-refractivity contribution in [2.24, 2.45) is 0 Å². The summed E-state index contributed by atoms with van der Waals surface area (Å²) >= 11 is 3.37. The molecule has 5 heteroatoms. The van der Waals surface area contributed by atoms with Crippen LogP contribution in [-0.2, 0) is 24.3 Å². The molecule has 0 atom stereocenters. The Kier molecular flexibility index (Phi) is 5.08. The maximum atomic E-state index is 12.6. The summed E-state index contributed by atoms with van der Waals surface area (Å²) in [5.74, 6) is 0.985. The number of aryl methyl sites for hydroxylation is 1. The normalized spacial score (nSPS) is 10.7. The highest BCUT2D eigenvalue weighted by molar-refractivity contribution is 7.10. The number of thiophene rings is 2. The van der Waals surface area contributed by atoms with Crippen molar-refractivity contribution in [2.45, 2.75) is 25.9 Å². The van der Waals surface area contributed by atoms with E-state index >= 15 is 0 Å². The molecule has 3 aromatic rings. The molecule has 0 aliphatic rings. The third-order valence-corrected chi connectivity index (χ3v) is 5.17. The minimum atomic E-state index is 0.165. The first-order valence-electron chi connectivity index (χ1n) is 7.16. The van der Waals surface area contributed by atoms with Gasteiger partial charge in [-0.1, -0.05) is 12.1 Å². The Morgan fingerprint density at radius 3 is 2.41 bits per heavy atom. The van der Waals surface area contributed by atoms with Gasteiger partial charge in [0.1, 0.15) is 5.76 Å². The van der Waals surface area contributed by atoms with Gasteiger partial charge in [0, 0.05) is 16.2 Å². The number of nitrogens with zero attached hydrogens (tertiary/aromatic N) is 1. The van der Waals surface area contributed by atoms with Crippen LogP contribution in [0.3, 0.4) is 0 Å². The van der Waals surface area contributed by atoms with Crippen molar-refractivity contribution in [1.29, 1.82) is 0 Å². The summed E-state index contributed by atoms with van der Waals surface area (Å²) in [5, 5.41) is 4.09. The Hall–Kier alpha value is -1.85. The standard InChI is InChI=1S/C17H17NO2S2/c19-17(8-7-15-5-2-10-21-15)18(12-14-4-1-9-20-14)13-16-6-3-11-22-16/h1-6,9-11H,7-8,12-13H2. The highest BCUT2D eigenvalue weighted by atomic mass is 32.1. The quantitative estimate of drug-likeness (QED) is 0.636. The van der Waals surface area contributed by atoms with Crippen LogP contribution in [0.15, 0.2) is 57.8 Å². The summed E-state index contributed by atoms with van der Waals surface area (Å²) in [5.41, 5.74) is 0. The number of rotatable bonds is 7. The Morgan fingerprint density at radius 2 is 1.77 bits per heavy atom. The average Bonchev–Trinajstić information content (AvgIpc) is 3.27. The molecule has 0 unspecified atom stereocenters. The highest BCUT2D eigenvalue weighted by Crippen LogP contribution is 2.17. The molecular formula is C17H17NO2S2. The van der Waals surface area contributed by atoms with E-state index in [0.717, 1.165) is 12.2 Å². The summed E-state index contributed by atoms with van der Waals surface area (Å²) in [6, 6.07) is 11.9. The molecule has 0 aliphatic carbocycles. The topological polar surface area (TPSA) is 33.5 Å². The third kappa shape index (κ3) is 4.08. The summed E-state index contributed by atoms with van der Waals surface area (Å²) in [6.07, 6.45) is 2.98. The second-order valence-electron chi connectivity index (χ2n) is 4.99. The molecule has 0 spiro atoms. The first-order valence-corrected chi connectivity index (χ1v) is 8.92. The molecule has 0 fully saturated rings. The number of hydrogen-bond acceptors (Lipinski definition) is 4. The van der Waals surface area contributed by atoms with Crippen molar-refractivity contribution in [3.05, 3.63) is 68.9 Å². The Labute approximate surface area is 137 Å². The van der Waals surface area contributed by atoms with Crippen LogP contribution in [0.25, 0.3) is 0 Å². The van der Waals surface area contributed by atoms with E-state index in [1.165, 1.54) is 9.75 Å². The van der Waals surface area contributed by atoms with Gasteiger partial charge in [-0.05, 0) is 41.4 Å². The van der Waals surface area contributed by atoms with E-state index in [-0.39, 0.29) is 5.91 Å². The van der Waals surface area contributed by atoms with Crippen molar-refractivity contribution in [3.8, 4) is 0 Å².